The van der Waals surface area contributed by atoms with Gasteiger partial charge in [0.2, 0.25) is 17.6 Å². The van der Waals surface area contributed by atoms with Crippen LogP contribution in [0.15, 0.2) is 9.59 Å². The van der Waals surface area contributed by atoms with Crippen LogP contribution in [0.1, 0.15) is 68.2 Å². The average molecular weight is 648 g/mol. The van der Waals surface area contributed by atoms with Gasteiger partial charge in [0, 0.05) is 34.2 Å². The van der Waals surface area contributed by atoms with E-state index in [1.165, 1.54) is 11.9 Å². The lowest BCUT2D eigenvalue weighted by Crippen LogP contribution is -2.61. The minimum absolute atomic E-state index is 0.150. The van der Waals surface area contributed by atoms with Gasteiger partial charge < -0.3 is 36.4 Å². The molecule has 2 rings (SSSR count). The highest BCUT2D eigenvalue weighted by Gasteiger charge is 2.46. The number of hydrogen-bond donors (Lipinski definition) is 5. The van der Waals surface area contributed by atoms with Crippen LogP contribution >= 0.6 is 0 Å². The molecule has 1 saturated heterocycles. The van der Waals surface area contributed by atoms with E-state index in [1.54, 1.807) is 19.0 Å². The summed E-state index contributed by atoms with van der Waals surface area (Å²) in [6.45, 7) is 15.2. The molecule has 0 aromatic heterocycles. The second-order valence-corrected chi connectivity index (χ2v) is 14.9. The van der Waals surface area contributed by atoms with Crippen LogP contribution in [0, 0.1) is 22.7 Å². The first-order chi connectivity index (χ1) is 21.1. The van der Waals surface area contributed by atoms with Crippen molar-refractivity contribution in [3.05, 3.63) is 20.4 Å². The number of urea groups is 1. The molecule has 0 radical (unpaired) electrons. The summed E-state index contributed by atoms with van der Waals surface area (Å²) in [5, 5.41) is 13.5. The highest BCUT2D eigenvalue weighted by atomic mass is 16.2. The number of carbonyl (C=O) groups excluding carboxylic acids is 5. The lowest BCUT2D eigenvalue weighted by atomic mass is 9.85. The van der Waals surface area contributed by atoms with Crippen molar-refractivity contribution in [1.82, 2.24) is 26.2 Å². The summed E-state index contributed by atoms with van der Waals surface area (Å²) in [7, 11) is 4.66. The van der Waals surface area contributed by atoms with E-state index in [1.807, 2.05) is 55.4 Å². The number of Topliss-reactive ketones (excluding diaryl/α,β-unsaturated/α-hetero) is 1. The van der Waals surface area contributed by atoms with Gasteiger partial charge in [0.1, 0.15) is 23.5 Å². The molecule has 5 amide bonds. The monoisotopic (exact) mass is 647 g/mol. The molecule has 1 aliphatic rings. The van der Waals surface area contributed by atoms with E-state index in [9.17, 15) is 33.6 Å². The predicted molar refractivity (Wildman–Crippen MR) is 177 cm³/mol. The number of nitrogens with one attached hydrogen (secondary N) is 5. The van der Waals surface area contributed by atoms with Crippen molar-refractivity contribution in [2.24, 2.45) is 22.7 Å². The fourth-order valence-electron chi connectivity index (χ4n) is 5.70. The fourth-order valence-corrected chi connectivity index (χ4v) is 5.70. The summed E-state index contributed by atoms with van der Waals surface area (Å²) in [6.07, 6.45) is 1.23. The van der Waals surface area contributed by atoms with Gasteiger partial charge in [-0.25, -0.2) is 4.79 Å². The van der Waals surface area contributed by atoms with Crippen LogP contribution in [0.3, 0.4) is 0 Å². The number of ketones is 1. The Labute approximate surface area is 271 Å². The number of rotatable bonds is 13. The Morgan fingerprint density at radius 3 is 2.04 bits per heavy atom. The Hall–Kier alpha value is -3.97. The van der Waals surface area contributed by atoms with Crippen LogP contribution in [-0.4, -0.2) is 93.3 Å². The molecule has 0 saturated carbocycles. The molecule has 258 valence electrons. The van der Waals surface area contributed by atoms with Crippen LogP contribution in [0.2, 0.25) is 0 Å². The third kappa shape index (κ3) is 9.29. The van der Waals surface area contributed by atoms with E-state index < -0.39 is 75.9 Å². The summed E-state index contributed by atoms with van der Waals surface area (Å²) in [5.74, 6) is -2.52. The van der Waals surface area contributed by atoms with E-state index in [4.69, 9.17) is 0 Å². The summed E-state index contributed by atoms with van der Waals surface area (Å²) in [6, 6.07) is -3.02. The maximum Gasteiger partial charge on any atom is 0.315 e. The molecule has 5 N–H and O–H groups in total. The lowest BCUT2D eigenvalue weighted by molar-refractivity contribution is -0.143. The maximum atomic E-state index is 14.2. The van der Waals surface area contributed by atoms with Crippen molar-refractivity contribution in [2.45, 2.75) is 86.4 Å². The van der Waals surface area contributed by atoms with Gasteiger partial charge >= 0.3 is 6.03 Å². The van der Waals surface area contributed by atoms with Gasteiger partial charge in [-0.2, -0.15) is 0 Å². The van der Waals surface area contributed by atoms with Gasteiger partial charge in [0.25, 0.3) is 16.8 Å². The number of carbonyl (C=O) groups is 5. The van der Waals surface area contributed by atoms with Crippen molar-refractivity contribution in [2.75, 3.05) is 51.0 Å². The highest BCUT2D eigenvalue weighted by molar-refractivity contribution is 6.37. The van der Waals surface area contributed by atoms with E-state index in [2.05, 4.69) is 26.6 Å². The first-order valence-electron chi connectivity index (χ1n) is 15.8. The maximum absolute atomic E-state index is 14.2. The first kappa shape index (κ1) is 38.2. The summed E-state index contributed by atoms with van der Waals surface area (Å²) < 4.78 is 0. The van der Waals surface area contributed by atoms with Crippen molar-refractivity contribution >= 4 is 40.9 Å². The van der Waals surface area contributed by atoms with Gasteiger partial charge in [0.05, 0.1) is 12.6 Å². The minimum Gasteiger partial charge on any atom is -0.378 e. The van der Waals surface area contributed by atoms with Crippen LogP contribution < -0.4 is 42.3 Å². The number of hydrogen-bond acceptors (Lipinski definition) is 9. The number of likely N-dealkylation sites (tertiary alicyclic amines) is 1. The zero-order valence-corrected chi connectivity index (χ0v) is 29.2. The van der Waals surface area contributed by atoms with Crippen molar-refractivity contribution in [3.63, 3.8) is 0 Å². The number of anilines is 2. The summed E-state index contributed by atoms with van der Waals surface area (Å²) >= 11 is 0. The van der Waals surface area contributed by atoms with Gasteiger partial charge in [-0.15, -0.1) is 0 Å². The minimum atomic E-state index is -1.02. The fraction of sp³-hybridized carbons (Fsp3) is 0.719. The van der Waals surface area contributed by atoms with Gasteiger partial charge in [-0.1, -0.05) is 55.4 Å². The zero-order valence-electron chi connectivity index (χ0n) is 29.2. The molecular formula is C32H53N7O7. The normalized spacial score (nSPS) is 18.1. The molecule has 14 heteroatoms. The second kappa shape index (κ2) is 15.1. The van der Waals surface area contributed by atoms with E-state index in [-0.39, 0.29) is 36.3 Å². The standard InChI is InChI=1S/C32H53N7O7/c1-17(2)14-18-12-13-39(22(18)28(44)35-15-19(40)27(43)33-9)29(45)26(32(6,7)8)37-30(46)36-20(31(3,4)5)16-34-21-23(38(10)11)25(42)24(21)41/h17-18,20,22,26,34H,12-16H2,1-11H3,(H,33,43)(H,35,44)(H2,36,37,46)/t18-,20-,22+,26-/m1/s1. The smallest absolute Gasteiger partial charge is 0.315 e. The van der Waals surface area contributed by atoms with Crippen molar-refractivity contribution < 1.29 is 24.0 Å². The van der Waals surface area contributed by atoms with Crippen molar-refractivity contribution in [3.8, 4) is 0 Å². The quantitative estimate of drug-likeness (QED) is 0.191. The highest BCUT2D eigenvalue weighted by Crippen LogP contribution is 2.33. The molecule has 1 heterocycles. The molecular weight excluding hydrogens is 594 g/mol. The number of amides is 5. The Bertz CT molecular complexity index is 1370. The van der Waals surface area contributed by atoms with Crippen LogP contribution in [0.5, 0.6) is 0 Å². The van der Waals surface area contributed by atoms with E-state index in [0.29, 0.717) is 12.8 Å². The third-order valence-electron chi connectivity index (χ3n) is 8.31. The topological polar surface area (TPSA) is 186 Å². The van der Waals surface area contributed by atoms with Crippen LogP contribution in [-0.2, 0) is 19.2 Å². The molecule has 0 bridgehead atoms. The number of likely N-dealkylation sites (N-methyl/N-ethyl adjacent to an activating group) is 1. The molecule has 0 aliphatic carbocycles. The molecule has 0 spiro atoms. The van der Waals surface area contributed by atoms with Crippen LogP contribution in [0.4, 0.5) is 16.2 Å². The van der Waals surface area contributed by atoms with Crippen LogP contribution in [0.25, 0.3) is 0 Å². The van der Waals surface area contributed by atoms with E-state index >= 15 is 0 Å². The molecule has 1 aromatic carbocycles. The molecule has 1 fully saturated rings. The molecule has 1 aliphatic heterocycles. The molecule has 4 atom stereocenters. The summed E-state index contributed by atoms with van der Waals surface area (Å²) in [4.78, 5) is 92.0. The van der Waals surface area contributed by atoms with Gasteiger partial charge in [-0.3, -0.25) is 28.8 Å². The largest absolute Gasteiger partial charge is 0.378 e. The number of nitrogens with zero attached hydrogens (tertiary/aromatic N) is 2. The lowest BCUT2D eigenvalue weighted by Gasteiger charge is -2.37. The second-order valence-electron chi connectivity index (χ2n) is 14.9. The van der Waals surface area contributed by atoms with Crippen molar-refractivity contribution in [1.29, 1.82) is 0 Å². The van der Waals surface area contributed by atoms with E-state index in [0.717, 1.165) is 0 Å². The molecule has 1 aromatic rings. The third-order valence-corrected chi connectivity index (χ3v) is 8.31. The summed E-state index contributed by atoms with van der Waals surface area (Å²) in [5.41, 5.74) is -1.94. The van der Waals surface area contributed by atoms with Gasteiger partial charge in [-0.05, 0) is 35.5 Å². The molecule has 14 nitrogen and oxygen atoms in total. The SMILES string of the molecule is CNC(=O)C(=O)CNC(=O)[C@@H]1[C@@H](CC(C)C)CCN1C(=O)[C@@H](NC(=O)N[C@H](CNc1c(N(C)C)c(=O)c1=O)C(C)(C)C)C(C)(C)C. The molecule has 46 heavy (non-hydrogen) atoms. The zero-order chi connectivity index (χ0) is 35.3. The molecule has 0 unspecified atom stereocenters. The Balaban J connectivity index is 2.27. The Morgan fingerprint density at radius 2 is 1.54 bits per heavy atom. The predicted octanol–water partition coefficient (Wildman–Crippen LogP) is 0.584. The first-order valence-corrected chi connectivity index (χ1v) is 15.8. The van der Waals surface area contributed by atoms with Gasteiger partial charge in [0.15, 0.2) is 0 Å². The Morgan fingerprint density at radius 1 is 0.935 bits per heavy atom. The average Bonchev–Trinajstić information content (AvgIpc) is 3.35. The Kier molecular flexibility index (Phi) is 12.5.